The molecule has 5 nitrogen and oxygen atoms in total. The maximum absolute atomic E-state index is 11.9. The zero-order valence-electron chi connectivity index (χ0n) is 10.9. The standard InChI is InChI=1S/C12H19N3O2S/c1-9(6-7-18(3)17)15-12(16)10-4-5-11(13-2)14-8-10/h4-5,8-9H,6-7H2,1-3H3,(H,13,14)(H,15,16). The highest BCUT2D eigenvalue weighted by Gasteiger charge is 2.10. The number of carbonyl (C=O) groups excluding carboxylic acids is 1. The van der Waals surface area contributed by atoms with Crippen molar-refractivity contribution in [2.45, 2.75) is 19.4 Å². The van der Waals surface area contributed by atoms with Crippen LogP contribution in [0.2, 0.25) is 0 Å². The van der Waals surface area contributed by atoms with E-state index in [0.717, 1.165) is 5.82 Å². The van der Waals surface area contributed by atoms with E-state index >= 15 is 0 Å². The molecule has 1 aromatic heterocycles. The fourth-order valence-corrected chi connectivity index (χ4v) is 2.08. The topological polar surface area (TPSA) is 71.1 Å². The second-order valence-corrected chi connectivity index (χ2v) is 5.68. The number of hydrogen-bond acceptors (Lipinski definition) is 4. The van der Waals surface area contributed by atoms with Gasteiger partial charge in [-0.15, -0.1) is 0 Å². The molecule has 1 heterocycles. The summed E-state index contributed by atoms with van der Waals surface area (Å²) in [6.45, 7) is 1.90. The SMILES string of the molecule is CNc1ccc(C(=O)NC(C)CCS(C)=O)cn1. The first-order valence-corrected chi connectivity index (χ1v) is 7.50. The van der Waals surface area contributed by atoms with Gasteiger partial charge in [-0.25, -0.2) is 4.98 Å². The van der Waals surface area contributed by atoms with Gasteiger partial charge in [0.15, 0.2) is 0 Å². The average molecular weight is 269 g/mol. The first-order valence-electron chi connectivity index (χ1n) is 5.77. The molecule has 0 aliphatic carbocycles. The maximum Gasteiger partial charge on any atom is 0.253 e. The van der Waals surface area contributed by atoms with E-state index in [2.05, 4.69) is 15.6 Å². The maximum atomic E-state index is 11.9. The Hall–Kier alpha value is -1.43. The van der Waals surface area contributed by atoms with Crippen molar-refractivity contribution in [3.63, 3.8) is 0 Å². The summed E-state index contributed by atoms with van der Waals surface area (Å²) < 4.78 is 11.0. The molecule has 1 aromatic rings. The first-order chi connectivity index (χ1) is 8.52. The highest BCUT2D eigenvalue weighted by atomic mass is 32.2. The zero-order chi connectivity index (χ0) is 13.5. The molecule has 1 rings (SSSR count). The van der Waals surface area contributed by atoms with Crippen molar-refractivity contribution in [1.29, 1.82) is 0 Å². The van der Waals surface area contributed by atoms with Crippen molar-refractivity contribution >= 4 is 22.5 Å². The fourth-order valence-electron chi connectivity index (χ4n) is 1.40. The minimum atomic E-state index is -0.822. The van der Waals surface area contributed by atoms with Gasteiger partial charge < -0.3 is 10.6 Å². The molecular formula is C12H19N3O2S. The molecule has 1 amide bonds. The predicted octanol–water partition coefficient (Wildman–Crippen LogP) is 1.01. The van der Waals surface area contributed by atoms with Crippen LogP contribution in [0.1, 0.15) is 23.7 Å². The molecule has 0 aliphatic heterocycles. The largest absolute Gasteiger partial charge is 0.373 e. The molecule has 6 heteroatoms. The Labute approximate surface area is 110 Å². The molecule has 0 spiro atoms. The molecule has 100 valence electrons. The van der Waals surface area contributed by atoms with Gasteiger partial charge in [-0.3, -0.25) is 9.00 Å². The van der Waals surface area contributed by atoms with E-state index in [0.29, 0.717) is 17.7 Å². The second-order valence-electron chi connectivity index (χ2n) is 4.12. The lowest BCUT2D eigenvalue weighted by atomic mass is 10.2. The van der Waals surface area contributed by atoms with Gasteiger partial charge in [0.1, 0.15) is 5.82 Å². The van der Waals surface area contributed by atoms with Crippen LogP contribution in [0.4, 0.5) is 5.82 Å². The third kappa shape index (κ3) is 4.83. The predicted molar refractivity (Wildman–Crippen MR) is 74.3 cm³/mol. The van der Waals surface area contributed by atoms with Crippen molar-refractivity contribution in [2.75, 3.05) is 24.4 Å². The minimum Gasteiger partial charge on any atom is -0.373 e. The molecule has 18 heavy (non-hydrogen) atoms. The first kappa shape index (κ1) is 14.6. The van der Waals surface area contributed by atoms with Gasteiger partial charge in [0, 0.05) is 42.1 Å². The highest BCUT2D eigenvalue weighted by Crippen LogP contribution is 2.04. The van der Waals surface area contributed by atoms with Crippen LogP contribution < -0.4 is 10.6 Å². The third-order valence-corrected chi connectivity index (χ3v) is 3.31. The van der Waals surface area contributed by atoms with Gasteiger partial charge in [-0.2, -0.15) is 0 Å². The van der Waals surface area contributed by atoms with Gasteiger partial charge in [0.05, 0.1) is 5.56 Å². The molecule has 2 atom stereocenters. The van der Waals surface area contributed by atoms with E-state index in [4.69, 9.17) is 0 Å². The van der Waals surface area contributed by atoms with Crippen LogP contribution in [0.15, 0.2) is 18.3 Å². The molecule has 0 fully saturated rings. The lowest BCUT2D eigenvalue weighted by Gasteiger charge is -2.13. The molecule has 0 saturated heterocycles. The Kier molecular flexibility index (Phi) is 5.77. The molecule has 0 aromatic carbocycles. The van der Waals surface area contributed by atoms with Gasteiger partial charge in [0.25, 0.3) is 5.91 Å². The number of carbonyl (C=O) groups is 1. The normalized spacial score (nSPS) is 13.7. The zero-order valence-corrected chi connectivity index (χ0v) is 11.7. The summed E-state index contributed by atoms with van der Waals surface area (Å²) in [7, 11) is 0.951. The number of aromatic nitrogens is 1. The van der Waals surface area contributed by atoms with Gasteiger partial charge in [-0.05, 0) is 25.5 Å². The van der Waals surface area contributed by atoms with E-state index in [9.17, 15) is 9.00 Å². The summed E-state index contributed by atoms with van der Waals surface area (Å²) in [5.74, 6) is 1.17. The molecule has 2 unspecified atom stereocenters. The Morgan fingerprint density at radius 1 is 1.50 bits per heavy atom. The molecule has 0 saturated carbocycles. The minimum absolute atomic E-state index is 0.00498. The number of hydrogen-bond donors (Lipinski definition) is 2. The molecular weight excluding hydrogens is 250 g/mol. The van der Waals surface area contributed by atoms with Crippen LogP contribution in [0.5, 0.6) is 0 Å². The van der Waals surface area contributed by atoms with Crippen LogP contribution in [0, 0.1) is 0 Å². The Balaban J connectivity index is 2.50. The summed E-state index contributed by atoms with van der Waals surface area (Å²) >= 11 is 0. The highest BCUT2D eigenvalue weighted by molar-refractivity contribution is 7.84. The number of nitrogens with zero attached hydrogens (tertiary/aromatic N) is 1. The lowest BCUT2D eigenvalue weighted by Crippen LogP contribution is -2.33. The number of amides is 1. The average Bonchev–Trinajstić information content (AvgIpc) is 2.36. The van der Waals surface area contributed by atoms with E-state index in [-0.39, 0.29) is 11.9 Å². The van der Waals surface area contributed by atoms with Crippen molar-refractivity contribution in [3.8, 4) is 0 Å². The second kappa shape index (κ2) is 7.10. The van der Waals surface area contributed by atoms with Crippen LogP contribution in [0.3, 0.4) is 0 Å². The van der Waals surface area contributed by atoms with Gasteiger partial charge in [0.2, 0.25) is 0 Å². The van der Waals surface area contributed by atoms with Crippen molar-refractivity contribution in [2.24, 2.45) is 0 Å². The van der Waals surface area contributed by atoms with Gasteiger partial charge in [-0.1, -0.05) is 0 Å². The Morgan fingerprint density at radius 3 is 2.72 bits per heavy atom. The number of nitrogens with one attached hydrogen (secondary N) is 2. The number of anilines is 1. The van der Waals surface area contributed by atoms with Crippen molar-refractivity contribution in [1.82, 2.24) is 10.3 Å². The fraction of sp³-hybridized carbons (Fsp3) is 0.500. The van der Waals surface area contributed by atoms with E-state index in [1.807, 2.05) is 6.92 Å². The molecule has 2 N–H and O–H groups in total. The summed E-state index contributed by atoms with van der Waals surface area (Å²) in [4.78, 5) is 15.9. The smallest absolute Gasteiger partial charge is 0.253 e. The van der Waals surface area contributed by atoms with E-state index in [1.165, 1.54) is 6.20 Å². The monoisotopic (exact) mass is 269 g/mol. The third-order valence-electron chi connectivity index (χ3n) is 2.50. The van der Waals surface area contributed by atoms with Gasteiger partial charge >= 0.3 is 0 Å². The van der Waals surface area contributed by atoms with E-state index < -0.39 is 10.8 Å². The number of pyridine rings is 1. The van der Waals surface area contributed by atoms with Crippen LogP contribution in [-0.2, 0) is 10.8 Å². The quantitative estimate of drug-likeness (QED) is 0.808. The summed E-state index contributed by atoms with van der Waals surface area (Å²) in [6.07, 6.45) is 3.90. The van der Waals surface area contributed by atoms with E-state index in [1.54, 1.807) is 25.4 Å². The summed E-state index contributed by atoms with van der Waals surface area (Å²) in [5, 5.41) is 5.75. The Morgan fingerprint density at radius 2 is 2.22 bits per heavy atom. The summed E-state index contributed by atoms with van der Waals surface area (Å²) in [5.41, 5.74) is 0.526. The number of rotatable bonds is 6. The molecule has 0 aliphatic rings. The van der Waals surface area contributed by atoms with Crippen LogP contribution >= 0.6 is 0 Å². The Bertz CT molecular complexity index is 420. The van der Waals surface area contributed by atoms with Crippen LogP contribution in [0.25, 0.3) is 0 Å². The lowest BCUT2D eigenvalue weighted by molar-refractivity contribution is 0.0939. The molecule has 0 radical (unpaired) electrons. The summed E-state index contributed by atoms with van der Waals surface area (Å²) in [6, 6.07) is 3.48. The van der Waals surface area contributed by atoms with Crippen LogP contribution in [-0.4, -0.2) is 40.2 Å². The molecule has 0 bridgehead atoms. The van der Waals surface area contributed by atoms with Crippen molar-refractivity contribution in [3.05, 3.63) is 23.9 Å². The van der Waals surface area contributed by atoms with Crippen molar-refractivity contribution < 1.29 is 9.00 Å².